The second kappa shape index (κ2) is 9.53. The lowest BCUT2D eigenvalue weighted by atomic mass is 10.0. The topological polar surface area (TPSA) is 92.5 Å². The van der Waals surface area contributed by atoms with Gasteiger partial charge in [0.2, 0.25) is 5.91 Å². The van der Waals surface area contributed by atoms with Crippen molar-refractivity contribution in [1.82, 2.24) is 4.90 Å². The van der Waals surface area contributed by atoms with Crippen molar-refractivity contribution in [3.63, 3.8) is 0 Å². The second-order valence-electron chi connectivity index (χ2n) is 7.79. The number of likely N-dealkylation sites (tertiary alicyclic amines) is 1. The van der Waals surface area contributed by atoms with E-state index in [-0.39, 0.29) is 34.7 Å². The van der Waals surface area contributed by atoms with Gasteiger partial charge in [0.25, 0.3) is 5.69 Å². The molecule has 162 valence electrons. The second-order valence-corrected chi connectivity index (χ2v) is 7.79. The molecular weight excluding hydrogens is 406 g/mol. The van der Waals surface area contributed by atoms with E-state index in [0.29, 0.717) is 18.5 Å². The van der Waals surface area contributed by atoms with Gasteiger partial charge in [0.1, 0.15) is 0 Å². The van der Waals surface area contributed by atoms with E-state index in [1.165, 1.54) is 18.2 Å². The van der Waals surface area contributed by atoms with Gasteiger partial charge in [0, 0.05) is 24.2 Å². The third-order valence-electron chi connectivity index (χ3n) is 5.65. The third kappa shape index (κ3) is 4.73. The summed E-state index contributed by atoms with van der Waals surface area (Å²) in [6.07, 6.45) is 1.62. The van der Waals surface area contributed by atoms with E-state index in [1.807, 2.05) is 30.3 Å². The Morgan fingerprint density at radius 3 is 2.38 bits per heavy atom. The number of anilines is 1. The molecule has 1 aliphatic rings. The van der Waals surface area contributed by atoms with Crippen molar-refractivity contribution in [3.05, 3.63) is 106 Å². The van der Waals surface area contributed by atoms with Gasteiger partial charge in [-0.1, -0.05) is 60.7 Å². The number of carbonyl (C=O) groups excluding carboxylic acids is 2. The zero-order valence-corrected chi connectivity index (χ0v) is 17.4. The first kappa shape index (κ1) is 21.4. The molecule has 1 heterocycles. The highest BCUT2D eigenvalue weighted by atomic mass is 16.6. The van der Waals surface area contributed by atoms with E-state index >= 15 is 0 Å². The average molecular weight is 429 g/mol. The van der Waals surface area contributed by atoms with Crippen LogP contribution in [0.4, 0.5) is 11.4 Å². The Labute approximate surface area is 185 Å². The van der Waals surface area contributed by atoms with E-state index in [9.17, 15) is 19.7 Å². The van der Waals surface area contributed by atoms with Gasteiger partial charge in [0.15, 0.2) is 5.78 Å². The van der Waals surface area contributed by atoms with E-state index in [1.54, 1.807) is 30.3 Å². The van der Waals surface area contributed by atoms with E-state index < -0.39 is 4.92 Å². The molecule has 0 spiro atoms. The minimum atomic E-state index is -0.550. The summed E-state index contributed by atoms with van der Waals surface area (Å²) in [6, 6.07) is 22.1. The zero-order valence-electron chi connectivity index (χ0n) is 17.4. The van der Waals surface area contributed by atoms with Crippen LogP contribution in [-0.4, -0.2) is 34.1 Å². The number of amides is 1. The summed E-state index contributed by atoms with van der Waals surface area (Å²) >= 11 is 0. The number of nitrogens with zero attached hydrogens (tertiary/aromatic N) is 2. The molecule has 4 rings (SSSR count). The Morgan fingerprint density at radius 1 is 1.00 bits per heavy atom. The zero-order chi connectivity index (χ0) is 22.5. The monoisotopic (exact) mass is 429 g/mol. The van der Waals surface area contributed by atoms with Crippen LogP contribution in [0.1, 0.15) is 34.3 Å². The first-order valence-corrected chi connectivity index (χ1v) is 10.5. The van der Waals surface area contributed by atoms with Crippen LogP contribution in [-0.2, 0) is 11.3 Å². The van der Waals surface area contributed by atoms with Crippen molar-refractivity contribution in [2.24, 2.45) is 0 Å². The summed E-state index contributed by atoms with van der Waals surface area (Å²) in [5, 5.41) is 14.1. The van der Waals surface area contributed by atoms with Gasteiger partial charge >= 0.3 is 0 Å². The van der Waals surface area contributed by atoms with Gasteiger partial charge in [-0.25, -0.2) is 0 Å². The number of rotatable bonds is 7. The van der Waals surface area contributed by atoms with Crippen LogP contribution in [0.25, 0.3) is 0 Å². The van der Waals surface area contributed by atoms with Crippen molar-refractivity contribution >= 4 is 23.1 Å². The summed E-state index contributed by atoms with van der Waals surface area (Å²) < 4.78 is 0. The molecule has 1 N–H and O–H groups in total. The number of nitrogens with one attached hydrogen (secondary N) is 1. The summed E-state index contributed by atoms with van der Waals surface area (Å²) in [7, 11) is 0. The van der Waals surface area contributed by atoms with Crippen LogP contribution in [0, 0.1) is 10.1 Å². The molecule has 3 aromatic rings. The molecule has 0 aromatic heterocycles. The fraction of sp³-hybridized carbons (Fsp3) is 0.200. The average Bonchev–Trinajstić information content (AvgIpc) is 3.28. The Bertz CT molecular complexity index is 1130. The van der Waals surface area contributed by atoms with Gasteiger partial charge in [-0.05, 0) is 31.0 Å². The lowest BCUT2D eigenvalue weighted by Gasteiger charge is -2.24. The quantitative estimate of drug-likeness (QED) is 0.341. The number of nitro groups is 1. The summed E-state index contributed by atoms with van der Waals surface area (Å²) in [5.41, 5.74) is 1.71. The van der Waals surface area contributed by atoms with Crippen molar-refractivity contribution < 1.29 is 14.5 Å². The largest absolute Gasteiger partial charge is 0.324 e. The fourth-order valence-corrected chi connectivity index (χ4v) is 4.03. The van der Waals surface area contributed by atoms with Crippen LogP contribution >= 0.6 is 0 Å². The predicted octanol–water partition coefficient (Wildman–Crippen LogP) is 4.43. The number of ketones is 1. The van der Waals surface area contributed by atoms with Crippen molar-refractivity contribution in [1.29, 1.82) is 0 Å². The Kier molecular flexibility index (Phi) is 6.37. The lowest BCUT2D eigenvalue weighted by Crippen LogP contribution is -2.39. The van der Waals surface area contributed by atoms with Crippen molar-refractivity contribution in [2.45, 2.75) is 25.4 Å². The maximum absolute atomic E-state index is 13.1. The number of non-ortho nitro benzene ring substituents is 1. The Balaban J connectivity index is 1.58. The molecule has 0 saturated carbocycles. The Morgan fingerprint density at radius 2 is 1.69 bits per heavy atom. The minimum absolute atomic E-state index is 0.103. The first-order valence-electron chi connectivity index (χ1n) is 10.5. The van der Waals surface area contributed by atoms with E-state index in [0.717, 1.165) is 18.5 Å². The van der Waals surface area contributed by atoms with Crippen LogP contribution in [0.15, 0.2) is 78.9 Å². The summed E-state index contributed by atoms with van der Waals surface area (Å²) in [6.45, 7) is 1.47. The number of carbonyl (C=O) groups is 2. The van der Waals surface area contributed by atoms with Crippen molar-refractivity contribution in [3.8, 4) is 0 Å². The van der Waals surface area contributed by atoms with Crippen LogP contribution in [0.5, 0.6) is 0 Å². The normalized spacial score (nSPS) is 15.9. The highest BCUT2D eigenvalue weighted by molar-refractivity contribution is 6.14. The molecule has 32 heavy (non-hydrogen) atoms. The standard InChI is InChI=1S/C25H23N3O4/c29-24(19-10-5-2-6-11-19)21-16-20(28(31)32)13-14-22(21)26-25(30)23-12-7-15-27(23)17-18-8-3-1-4-9-18/h1-6,8-11,13-14,16,23H,7,12,15,17H2,(H,26,30)/t23-/m0/s1. The highest BCUT2D eigenvalue weighted by Gasteiger charge is 2.31. The minimum Gasteiger partial charge on any atom is -0.324 e. The number of benzene rings is 3. The van der Waals surface area contributed by atoms with E-state index in [2.05, 4.69) is 10.2 Å². The molecule has 1 atom stereocenters. The van der Waals surface area contributed by atoms with Gasteiger partial charge in [-0.2, -0.15) is 0 Å². The molecule has 7 heteroatoms. The molecule has 0 aliphatic carbocycles. The molecule has 0 radical (unpaired) electrons. The summed E-state index contributed by atoms with van der Waals surface area (Å²) in [5.74, 6) is -0.591. The van der Waals surface area contributed by atoms with Gasteiger partial charge in [0.05, 0.1) is 22.2 Å². The molecular formula is C25H23N3O4. The lowest BCUT2D eigenvalue weighted by molar-refractivity contribution is -0.384. The van der Waals surface area contributed by atoms with Gasteiger partial charge in [-0.3, -0.25) is 24.6 Å². The molecule has 0 bridgehead atoms. The SMILES string of the molecule is O=C(c1ccccc1)c1cc([N+](=O)[O-])ccc1NC(=O)[C@@H]1CCCN1Cc1ccccc1. The molecule has 1 amide bonds. The highest BCUT2D eigenvalue weighted by Crippen LogP contribution is 2.27. The number of nitro benzene ring substituents is 1. The summed E-state index contributed by atoms with van der Waals surface area (Å²) in [4.78, 5) is 39.1. The first-order chi connectivity index (χ1) is 15.5. The predicted molar refractivity (Wildman–Crippen MR) is 121 cm³/mol. The smallest absolute Gasteiger partial charge is 0.270 e. The fourth-order valence-electron chi connectivity index (χ4n) is 4.03. The van der Waals surface area contributed by atoms with E-state index in [4.69, 9.17) is 0 Å². The molecule has 3 aromatic carbocycles. The van der Waals surface area contributed by atoms with Crippen LogP contribution in [0.2, 0.25) is 0 Å². The van der Waals surface area contributed by atoms with Crippen LogP contribution < -0.4 is 5.32 Å². The molecule has 1 fully saturated rings. The maximum atomic E-state index is 13.1. The van der Waals surface area contributed by atoms with Crippen LogP contribution in [0.3, 0.4) is 0 Å². The molecule has 0 unspecified atom stereocenters. The maximum Gasteiger partial charge on any atom is 0.270 e. The Hall–Kier alpha value is -3.84. The van der Waals surface area contributed by atoms with Crippen molar-refractivity contribution in [2.75, 3.05) is 11.9 Å². The van der Waals surface area contributed by atoms with Gasteiger partial charge < -0.3 is 5.32 Å². The third-order valence-corrected chi connectivity index (χ3v) is 5.65. The van der Waals surface area contributed by atoms with Gasteiger partial charge in [-0.15, -0.1) is 0 Å². The number of hydrogen-bond acceptors (Lipinski definition) is 5. The molecule has 1 aliphatic heterocycles. The molecule has 7 nitrogen and oxygen atoms in total. The number of hydrogen-bond donors (Lipinski definition) is 1. The molecule has 1 saturated heterocycles.